The van der Waals surface area contributed by atoms with E-state index in [4.69, 9.17) is 9.15 Å². The molecule has 12 rings (SSSR count). The minimum absolute atomic E-state index is 0.666. The smallest absolute Gasteiger partial charge is 0.139 e. The van der Waals surface area contributed by atoms with Crippen LogP contribution in [-0.4, -0.2) is 0 Å². The van der Waals surface area contributed by atoms with Crippen LogP contribution in [0, 0.1) is 0 Å². The van der Waals surface area contributed by atoms with Crippen LogP contribution in [0.15, 0.2) is 223 Å². The molecular weight excluding hydrogens is 721 g/mol. The molecule has 59 heavy (non-hydrogen) atoms. The van der Waals surface area contributed by atoms with Gasteiger partial charge < -0.3 is 19.0 Å². The monoisotopic (exact) mass is 756 g/mol. The van der Waals surface area contributed by atoms with Gasteiger partial charge in [-0.25, -0.2) is 0 Å². The summed E-state index contributed by atoms with van der Waals surface area (Å²) in [6.45, 7) is 0. The molecule has 0 saturated heterocycles. The van der Waals surface area contributed by atoms with Crippen LogP contribution in [-0.2, 0) is 5.41 Å². The minimum atomic E-state index is -0.666. The van der Waals surface area contributed by atoms with Crippen LogP contribution in [0.5, 0.6) is 11.5 Å². The zero-order valence-electron chi connectivity index (χ0n) is 32.0. The lowest BCUT2D eigenvalue weighted by Crippen LogP contribution is -2.32. The van der Waals surface area contributed by atoms with Gasteiger partial charge in [0.2, 0.25) is 0 Å². The Kier molecular flexibility index (Phi) is 7.41. The van der Waals surface area contributed by atoms with Gasteiger partial charge in [0.15, 0.2) is 0 Å². The van der Waals surface area contributed by atoms with E-state index in [1.165, 1.54) is 22.3 Å². The molecule has 0 fully saturated rings. The number of hydrogen-bond donors (Lipinski definition) is 0. The Hall–Kier alpha value is -7.82. The Labute approximate surface area is 342 Å². The number of fused-ring (bicyclic) bond motifs is 12. The first kappa shape index (κ1) is 33.3. The lowest BCUT2D eigenvalue weighted by molar-refractivity contribution is 0.436. The average Bonchev–Trinajstić information content (AvgIpc) is 3.80. The largest absolute Gasteiger partial charge is 0.457 e. The van der Waals surface area contributed by atoms with Gasteiger partial charge in [-0.2, -0.15) is 0 Å². The summed E-state index contributed by atoms with van der Waals surface area (Å²) in [6, 6.07) is 77.6. The minimum Gasteiger partial charge on any atom is -0.457 e. The number of benzene rings is 9. The molecule has 9 aromatic carbocycles. The zero-order valence-corrected chi connectivity index (χ0v) is 32.0. The van der Waals surface area contributed by atoms with E-state index in [1.54, 1.807) is 0 Å². The number of ether oxygens (including phenoxy) is 1. The third-order valence-corrected chi connectivity index (χ3v) is 12.1. The van der Waals surface area contributed by atoms with Crippen molar-refractivity contribution in [2.24, 2.45) is 0 Å². The lowest BCUT2D eigenvalue weighted by atomic mass is 9.66. The summed E-state index contributed by atoms with van der Waals surface area (Å²) in [5, 5.41) is 2.11. The predicted octanol–water partition coefficient (Wildman–Crippen LogP) is 15.0. The Balaban J connectivity index is 1.10. The number of anilines is 6. The third-order valence-electron chi connectivity index (χ3n) is 12.1. The van der Waals surface area contributed by atoms with Gasteiger partial charge in [-0.15, -0.1) is 0 Å². The van der Waals surface area contributed by atoms with Gasteiger partial charge in [0.25, 0.3) is 0 Å². The molecule has 2 aliphatic rings. The summed E-state index contributed by atoms with van der Waals surface area (Å²) in [6.07, 6.45) is 0. The molecule has 1 spiro atoms. The highest BCUT2D eigenvalue weighted by molar-refractivity contribution is 6.08. The summed E-state index contributed by atoms with van der Waals surface area (Å²) in [5.41, 5.74) is 14.5. The molecule has 0 amide bonds. The Morgan fingerprint density at radius 2 is 0.746 bits per heavy atom. The van der Waals surface area contributed by atoms with Crippen LogP contribution in [0.3, 0.4) is 0 Å². The van der Waals surface area contributed by atoms with Gasteiger partial charge in [0.1, 0.15) is 22.7 Å². The van der Waals surface area contributed by atoms with Crippen molar-refractivity contribution in [2.75, 3.05) is 9.80 Å². The molecular formula is C55H36N2O2. The average molecular weight is 757 g/mol. The second-order valence-electron chi connectivity index (χ2n) is 15.3. The van der Waals surface area contributed by atoms with Crippen molar-refractivity contribution in [3.63, 3.8) is 0 Å². The standard InChI is InChI=1S/C55H36N2O2/c1-5-17-37(18-6-1)56(38-19-7-2-8-20-38)41-30-32-51-49(33-41)55(47-27-15-13-25-43(47)44-26-14-16-28-48(44)55)50-35-46-45-31-29-42(34-52(45)59-53(46)36-54(50)58-51)57(39-21-9-3-10-22-39)40-23-11-4-12-24-40/h1-36H. The molecule has 0 bridgehead atoms. The number of para-hydroxylation sites is 4. The summed E-state index contributed by atoms with van der Waals surface area (Å²) in [5.74, 6) is 1.62. The first-order valence-corrected chi connectivity index (χ1v) is 20.1. The van der Waals surface area contributed by atoms with Crippen molar-refractivity contribution in [1.82, 2.24) is 0 Å². The Morgan fingerprint density at radius 3 is 1.29 bits per heavy atom. The third kappa shape index (κ3) is 5.03. The number of furan rings is 1. The van der Waals surface area contributed by atoms with Crippen LogP contribution in [0.4, 0.5) is 34.1 Å². The normalized spacial score (nSPS) is 13.0. The molecule has 4 heteroatoms. The highest BCUT2D eigenvalue weighted by atomic mass is 16.5. The number of hydrogen-bond acceptors (Lipinski definition) is 4. The van der Waals surface area contributed by atoms with Crippen LogP contribution in [0.1, 0.15) is 22.3 Å². The highest BCUT2D eigenvalue weighted by Crippen LogP contribution is 2.63. The van der Waals surface area contributed by atoms with Crippen LogP contribution >= 0.6 is 0 Å². The summed E-state index contributed by atoms with van der Waals surface area (Å²) in [7, 11) is 0. The molecule has 1 aromatic heterocycles. The second kappa shape index (κ2) is 13.1. The van der Waals surface area contributed by atoms with Gasteiger partial charge in [-0.1, -0.05) is 121 Å². The van der Waals surface area contributed by atoms with Crippen molar-refractivity contribution in [2.45, 2.75) is 5.41 Å². The van der Waals surface area contributed by atoms with E-state index in [0.29, 0.717) is 0 Å². The van der Waals surface area contributed by atoms with Crippen LogP contribution < -0.4 is 14.5 Å². The van der Waals surface area contributed by atoms with Crippen LogP contribution in [0.2, 0.25) is 0 Å². The molecule has 2 heterocycles. The first-order chi connectivity index (χ1) is 29.3. The van der Waals surface area contributed by atoms with E-state index in [2.05, 4.69) is 228 Å². The second-order valence-corrected chi connectivity index (χ2v) is 15.3. The maximum absolute atomic E-state index is 7.04. The molecule has 1 aliphatic heterocycles. The first-order valence-electron chi connectivity index (χ1n) is 20.1. The van der Waals surface area contributed by atoms with Crippen molar-refractivity contribution in [1.29, 1.82) is 0 Å². The van der Waals surface area contributed by atoms with Crippen LogP contribution in [0.25, 0.3) is 33.1 Å². The van der Waals surface area contributed by atoms with E-state index in [9.17, 15) is 0 Å². The SMILES string of the molecule is c1ccc(N(c2ccccc2)c2ccc3c(c2)C2(c4cc5c(cc4O3)oc3cc(N(c4ccccc4)c4ccccc4)ccc35)c3ccccc3-c3ccccc32)cc1. The van der Waals surface area contributed by atoms with E-state index in [-0.39, 0.29) is 0 Å². The fourth-order valence-corrected chi connectivity index (χ4v) is 9.63. The van der Waals surface area contributed by atoms with Gasteiger partial charge in [0, 0.05) is 68.2 Å². The molecule has 0 radical (unpaired) electrons. The fraction of sp³-hybridized carbons (Fsp3) is 0.0182. The van der Waals surface area contributed by atoms with Gasteiger partial charge in [-0.3, -0.25) is 0 Å². The van der Waals surface area contributed by atoms with E-state index >= 15 is 0 Å². The fourth-order valence-electron chi connectivity index (χ4n) is 9.63. The molecule has 0 unspecified atom stereocenters. The maximum atomic E-state index is 7.04. The molecule has 278 valence electrons. The predicted molar refractivity (Wildman–Crippen MR) is 240 cm³/mol. The quantitative estimate of drug-likeness (QED) is 0.169. The number of rotatable bonds is 6. The summed E-state index contributed by atoms with van der Waals surface area (Å²) >= 11 is 0. The summed E-state index contributed by atoms with van der Waals surface area (Å²) < 4.78 is 13.8. The van der Waals surface area contributed by atoms with Gasteiger partial charge >= 0.3 is 0 Å². The summed E-state index contributed by atoms with van der Waals surface area (Å²) in [4.78, 5) is 4.60. The molecule has 1 aliphatic carbocycles. The molecule has 0 N–H and O–H groups in total. The van der Waals surface area contributed by atoms with Crippen molar-refractivity contribution < 1.29 is 9.15 Å². The molecule has 0 saturated carbocycles. The van der Waals surface area contributed by atoms with E-state index < -0.39 is 5.41 Å². The van der Waals surface area contributed by atoms with Crippen molar-refractivity contribution >= 4 is 56.1 Å². The lowest BCUT2D eigenvalue weighted by Gasteiger charge is -2.40. The molecule has 10 aromatic rings. The van der Waals surface area contributed by atoms with Crippen molar-refractivity contribution in [3.05, 3.63) is 241 Å². The zero-order chi connectivity index (χ0) is 38.9. The molecule has 4 nitrogen and oxygen atoms in total. The highest BCUT2D eigenvalue weighted by Gasteiger charge is 2.51. The maximum Gasteiger partial charge on any atom is 0.139 e. The van der Waals surface area contributed by atoms with Gasteiger partial charge in [0.05, 0.1) is 5.41 Å². The van der Waals surface area contributed by atoms with E-state index in [1.807, 2.05) is 0 Å². The molecule has 0 atom stereocenters. The van der Waals surface area contributed by atoms with Gasteiger partial charge in [-0.05, 0) is 107 Å². The topological polar surface area (TPSA) is 28.9 Å². The Bertz CT molecular complexity index is 3070. The van der Waals surface area contributed by atoms with E-state index in [0.717, 1.165) is 78.7 Å². The Morgan fingerprint density at radius 1 is 0.305 bits per heavy atom. The number of nitrogens with zero attached hydrogens (tertiary/aromatic N) is 2. The van der Waals surface area contributed by atoms with Crippen molar-refractivity contribution in [3.8, 4) is 22.6 Å².